The third-order valence-corrected chi connectivity index (χ3v) is 6.12. The van der Waals surface area contributed by atoms with Crippen LogP contribution in [-0.4, -0.2) is 35.3 Å². The average molecular weight is 445 g/mol. The van der Waals surface area contributed by atoms with E-state index in [2.05, 4.69) is 15.6 Å². The van der Waals surface area contributed by atoms with E-state index in [0.29, 0.717) is 24.0 Å². The number of nitrogens with one attached hydrogen (secondary N) is 2. The van der Waals surface area contributed by atoms with Gasteiger partial charge in [-0.3, -0.25) is 9.88 Å². The fraction of sp³-hybridized carbons (Fsp3) is 0.522. The zero-order chi connectivity index (χ0) is 22.2. The van der Waals surface area contributed by atoms with Crippen LogP contribution in [0, 0.1) is 5.92 Å². The Morgan fingerprint density at radius 2 is 2.03 bits per heavy atom. The number of fused-ring (bicyclic) bond motifs is 3. The summed E-state index contributed by atoms with van der Waals surface area (Å²) in [6.07, 6.45) is 5.08. The van der Waals surface area contributed by atoms with Gasteiger partial charge in [0.2, 0.25) is 0 Å². The first-order chi connectivity index (χ1) is 14.7. The number of anilines is 1. The van der Waals surface area contributed by atoms with Gasteiger partial charge in [0.1, 0.15) is 5.60 Å². The van der Waals surface area contributed by atoms with Crippen LogP contribution >= 0.6 is 11.6 Å². The number of hydrogen-bond donors (Lipinski definition) is 2. The van der Waals surface area contributed by atoms with Crippen molar-refractivity contribution in [3.05, 3.63) is 35.0 Å². The molecular weight excluding hydrogens is 416 g/mol. The second-order valence-electron chi connectivity index (χ2n) is 9.38. The zero-order valence-corrected chi connectivity index (χ0v) is 19.0. The van der Waals surface area contributed by atoms with Gasteiger partial charge >= 0.3 is 12.1 Å². The van der Waals surface area contributed by atoms with Crippen molar-refractivity contribution < 1.29 is 14.3 Å². The molecule has 0 bridgehead atoms. The minimum absolute atomic E-state index is 0.0738. The molecule has 0 unspecified atom stereocenters. The quantitative estimate of drug-likeness (QED) is 0.697. The number of nitrogens with zero attached hydrogens (tertiary/aromatic N) is 2. The largest absolute Gasteiger partial charge is 0.444 e. The van der Waals surface area contributed by atoms with Gasteiger partial charge in [-0.1, -0.05) is 11.6 Å². The summed E-state index contributed by atoms with van der Waals surface area (Å²) in [5, 5.41) is 7.40. The Hall–Kier alpha value is -2.54. The van der Waals surface area contributed by atoms with Crippen LogP contribution in [0.15, 0.2) is 24.4 Å². The van der Waals surface area contributed by atoms with E-state index in [9.17, 15) is 9.59 Å². The molecule has 1 aromatic carbocycles. The standard InChI is InChI=1S/C23H29ClN4O3/c1-23(2,3)31-22(30)27-11-14-4-7-17(8-5-14)28-20-15(13-26-21(28)29)12-25-19-9-6-16(24)10-18(19)20/h6,9-10,12,14,17H,4-5,7-8,11,13H2,1-3H3,(H,26,29)(H,27,30)/t14-,17-. The van der Waals surface area contributed by atoms with E-state index in [4.69, 9.17) is 16.3 Å². The van der Waals surface area contributed by atoms with Gasteiger partial charge in [0.25, 0.3) is 0 Å². The molecule has 1 aliphatic carbocycles. The van der Waals surface area contributed by atoms with Crippen LogP contribution in [0.1, 0.15) is 52.0 Å². The minimum atomic E-state index is -0.503. The summed E-state index contributed by atoms with van der Waals surface area (Å²) < 4.78 is 5.32. The normalized spacial score (nSPS) is 21.4. The van der Waals surface area contributed by atoms with Gasteiger partial charge in [0.05, 0.1) is 11.2 Å². The summed E-state index contributed by atoms with van der Waals surface area (Å²) >= 11 is 6.26. The second-order valence-corrected chi connectivity index (χ2v) is 9.82. The van der Waals surface area contributed by atoms with E-state index >= 15 is 0 Å². The van der Waals surface area contributed by atoms with Crippen LogP contribution in [0.5, 0.6) is 0 Å². The van der Waals surface area contributed by atoms with Gasteiger partial charge < -0.3 is 15.4 Å². The highest BCUT2D eigenvalue weighted by atomic mass is 35.5. The molecule has 166 valence electrons. The Kier molecular flexibility index (Phi) is 5.97. The number of aromatic nitrogens is 1. The fourth-order valence-corrected chi connectivity index (χ4v) is 4.63. The van der Waals surface area contributed by atoms with E-state index in [-0.39, 0.29) is 18.2 Å². The van der Waals surface area contributed by atoms with Crippen molar-refractivity contribution in [1.29, 1.82) is 0 Å². The number of hydrogen-bond acceptors (Lipinski definition) is 4. The first kappa shape index (κ1) is 21.7. The molecule has 7 nitrogen and oxygen atoms in total. The van der Waals surface area contributed by atoms with Crippen molar-refractivity contribution in [2.24, 2.45) is 5.92 Å². The van der Waals surface area contributed by atoms with Crippen LogP contribution in [0.25, 0.3) is 10.9 Å². The highest BCUT2D eigenvalue weighted by Gasteiger charge is 2.35. The van der Waals surface area contributed by atoms with Gasteiger partial charge in [0, 0.05) is 41.3 Å². The van der Waals surface area contributed by atoms with Crippen LogP contribution in [0.3, 0.4) is 0 Å². The maximum atomic E-state index is 12.9. The SMILES string of the molecule is CC(C)(C)OC(=O)NC[C@H]1CC[C@H](N2C(=O)NCc3cnc4ccc(Cl)cc4c32)CC1. The van der Waals surface area contributed by atoms with Crippen LogP contribution < -0.4 is 15.5 Å². The molecule has 2 aromatic rings. The summed E-state index contributed by atoms with van der Waals surface area (Å²) in [4.78, 5) is 31.3. The van der Waals surface area contributed by atoms with Gasteiger partial charge in [-0.15, -0.1) is 0 Å². The molecule has 0 spiro atoms. The Morgan fingerprint density at radius 1 is 1.29 bits per heavy atom. The van der Waals surface area contributed by atoms with Crippen molar-refractivity contribution in [1.82, 2.24) is 15.6 Å². The van der Waals surface area contributed by atoms with Crippen molar-refractivity contribution in [2.45, 2.75) is 64.6 Å². The second kappa shape index (κ2) is 8.54. The molecule has 2 aliphatic rings. The lowest BCUT2D eigenvalue weighted by Gasteiger charge is -2.40. The number of halogens is 1. The summed E-state index contributed by atoms with van der Waals surface area (Å²) in [5.41, 5.74) is 2.25. The van der Waals surface area contributed by atoms with E-state index in [1.165, 1.54) is 0 Å². The summed E-state index contributed by atoms with van der Waals surface area (Å²) in [6.45, 7) is 6.62. The number of amides is 3. The van der Waals surface area contributed by atoms with Crippen molar-refractivity contribution in [2.75, 3.05) is 11.4 Å². The number of carbonyl (C=O) groups is 2. The van der Waals surface area contributed by atoms with E-state index in [1.54, 1.807) is 0 Å². The molecular formula is C23H29ClN4O3. The first-order valence-corrected chi connectivity index (χ1v) is 11.2. The van der Waals surface area contributed by atoms with Crippen molar-refractivity contribution in [3.63, 3.8) is 0 Å². The van der Waals surface area contributed by atoms with Crippen molar-refractivity contribution >= 4 is 40.3 Å². The zero-order valence-electron chi connectivity index (χ0n) is 18.2. The molecule has 1 aromatic heterocycles. The number of alkyl carbamates (subject to hydrolysis) is 1. The van der Waals surface area contributed by atoms with Crippen LogP contribution in [0.2, 0.25) is 5.02 Å². The molecule has 2 heterocycles. The maximum absolute atomic E-state index is 12.9. The number of benzene rings is 1. The molecule has 0 radical (unpaired) electrons. The average Bonchev–Trinajstić information content (AvgIpc) is 2.71. The van der Waals surface area contributed by atoms with Gasteiger partial charge in [-0.2, -0.15) is 0 Å². The molecule has 3 amide bonds. The van der Waals surface area contributed by atoms with Crippen molar-refractivity contribution in [3.8, 4) is 0 Å². The lowest BCUT2D eigenvalue weighted by atomic mass is 9.84. The maximum Gasteiger partial charge on any atom is 0.407 e. The fourth-order valence-electron chi connectivity index (χ4n) is 4.46. The lowest BCUT2D eigenvalue weighted by molar-refractivity contribution is 0.0515. The molecule has 8 heteroatoms. The lowest BCUT2D eigenvalue weighted by Crippen LogP contribution is -2.51. The number of carbonyl (C=O) groups excluding carboxylic acids is 2. The van der Waals surface area contributed by atoms with E-state index in [0.717, 1.165) is 47.8 Å². The molecule has 1 aliphatic heterocycles. The predicted octanol–water partition coefficient (Wildman–Crippen LogP) is 5.00. The summed E-state index contributed by atoms with van der Waals surface area (Å²) in [5.74, 6) is 0.375. The van der Waals surface area contributed by atoms with Gasteiger partial charge in [-0.05, 0) is 70.6 Å². The Balaban J connectivity index is 1.46. The molecule has 4 rings (SSSR count). The highest BCUT2D eigenvalue weighted by molar-refractivity contribution is 6.31. The Morgan fingerprint density at radius 3 is 2.74 bits per heavy atom. The molecule has 2 N–H and O–H groups in total. The molecule has 1 saturated carbocycles. The molecule has 0 saturated heterocycles. The van der Waals surface area contributed by atoms with Gasteiger partial charge in [0.15, 0.2) is 0 Å². The van der Waals surface area contributed by atoms with Crippen LogP contribution in [-0.2, 0) is 11.3 Å². The highest BCUT2D eigenvalue weighted by Crippen LogP contribution is 2.38. The number of ether oxygens (including phenoxy) is 1. The summed E-state index contributed by atoms with van der Waals surface area (Å²) in [6, 6.07) is 5.63. The number of rotatable bonds is 3. The molecule has 1 fully saturated rings. The number of pyridine rings is 1. The van der Waals surface area contributed by atoms with E-state index < -0.39 is 5.60 Å². The monoisotopic (exact) mass is 444 g/mol. The molecule has 0 atom stereocenters. The van der Waals surface area contributed by atoms with Crippen LogP contribution in [0.4, 0.5) is 15.3 Å². The third-order valence-electron chi connectivity index (χ3n) is 5.88. The third kappa shape index (κ3) is 4.87. The summed E-state index contributed by atoms with van der Waals surface area (Å²) in [7, 11) is 0. The number of urea groups is 1. The Bertz CT molecular complexity index is 996. The first-order valence-electron chi connectivity index (χ1n) is 10.8. The minimum Gasteiger partial charge on any atom is -0.444 e. The molecule has 31 heavy (non-hydrogen) atoms. The smallest absolute Gasteiger partial charge is 0.407 e. The topological polar surface area (TPSA) is 83.6 Å². The van der Waals surface area contributed by atoms with Gasteiger partial charge in [-0.25, -0.2) is 9.59 Å². The van der Waals surface area contributed by atoms with E-state index in [1.807, 2.05) is 50.1 Å². The predicted molar refractivity (Wildman–Crippen MR) is 121 cm³/mol. The Labute approximate surface area is 187 Å².